The van der Waals surface area contributed by atoms with Crippen LogP contribution in [0.2, 0.25) is 10.0 Å². The third-order valence-electron chi connectivity index (χ3n) is 6.28. The summed E-state index contributed by atoms with van der Waals surface area (Å²) >= 11 is 13.3. The minimum absolute atomic E-state index is 0.144. The minimum Gasteiger partial charge on any atom is -0.493 e. The Morgan fingerprint density at radius 1 is 0.978 bits per heavy atom. The van der Waals surface area contributed by atoms with Gasteiger partial charge >= 0.3 is 0 Å². The van der Waals surface area contributed by atoms with Crippen LogP contribution in [-0.4, -0.2) is 48.9 Å². The molecule has 0 radical (unpaired) electrons. The number of methoxy groups -OCH3 is 2. The molecule has 0 bridgehead atoms. The molecule has 0 unspecified atom stereocenters. The van der Waals surface area contributed by atoms with Crippen molar-refractivity contribution in [1.29, 1.82) is 0 Å². The van der Waals surface area contributed by atoms with Gasteiger partial charge in [-0.2, -0.15) is 5.10 Å². The van der Waals surface area contributed by atoms with Gasteiger partial charge in [-0.3, -0.25) is 14.5 Å². The van der Waals surface area contributed by atoms with E-state index in [-0.39, 0.29) is 25.0 Å². The number of nitrogens with one attached hydrogen (secondary N) is 1. The van der Waals surface area contributed by atoms with Gasteiger partial charge in [-0.1, -0.05) is 23.2 Å². The first-order valence-electron chi connectivity index (χ1n) is 13.4. The van der Waals surface area contributed by atoms with E-state index in [1.807, 2.05) is 0 Å². The van der Waals surface area contributed by atoms with Gasteiger partial charge in [-0.25, -0.2) is 0 Å². The maximum Gasteiger partial charge on any atom is 0.267 e. The predicted molar refractivity (Wildman–Crippen MR) is 176 cm³/mol. The molecule has 1 aliphatic rings. The lowest BCUT2D eigenvalue weighted by molar-refractivity contribution is -0.122. The quantitative estimate of drug-likeness (QED) is 0.103. The largest absolute Gasteiger partial charge is 0.493 e. The molecule has 13 heteroatoms. The fourth-order valence-electron chi connectivity index (χ4n) is 4.14. The third-order valence-corrected chi connectivity index (χ3v) is 7.77. The number of carbonyl (C=O) groups is 2. The number of furan rings is 1. The Morgan fingerprint density at radius 2 is 1.73 bits per heavy atom. The number of amides is 2. The summed E-state index contributed by atoms with van der Waals surface area (Å²) in [4.78, 5) is 27.9. The van der Waals surface area contributed by atoms with Crippen LogP contribution < -0.4 is 19.5 Å². The van der Waals surface area contributed by atoms with E-state index < -0.39 is 0 Å². The van der Waals surface area contributed by atoms with Crippen molar-refractivity contribution >= 4 is 69.9 Å². The van der Waals surface area contributed by atoms with Gasteiger partial charge in [-0.05, 0) is 96.2 Å². The fourth-order valence-corrected chi connectivity index (χ4v) is 5.37. The average molecular weight is 666 g/mol. The second-order valence-electron chi connectivity index (χ2n) is 9.35. The molecular weight excluding hydrogens is 639 g/mol. The average Bonchev–Trinajstić information content (AvgIpc) is 3.66. The highest BCUT2D eigenvalue weighted by atomic mass is 35.5. The highest BCUT2D eigenvalue weighted by Gasteiger charge is 2.34. The van der Waals surface area contributed by atoms with E-state index in [1.54, 1.807) is 99.3 Å². The van der Waals surface area contributed by atoms with Gasteiger partial charge in [0.25, 0.3) is 11.8 Å². The molecule has 230 valence electrons. The third kappa shape index (κ3) is 8.27. The molecule has 1 aliphatic heterocycles. The highest BCUT2D eigenvalue weighted by molar-refractivity contribution is 8.18. The molecule has 45 heavy (non-hydrogen) atoms. The lowest BCUT2D eigenvalue weighted by atomic mass is 10.2. The molecule has 2 heterocycles. The zero-order valence-electron chi connectivity index (χ0n) is 24.0. The number of amidine groups is 1. The Kier molecular flexibility index (Phi) is 10.5. The number of thioether (sulfide) groups is 1. The monoisotopic (exact) mass is 664 g/mol. The zero-order valence-corrected chi connectivity index (χ0v) is 26.4. The Morgan fingerprint density at radius 3 is 2.47 bits per heavy atom. The Bertz CT molecular complexity index is 1770. The van der Waals surface area contributed by atoms with Crippen LogP contribution in [0.25, 0.3) is 6.08 Å². The van der Waals surface area contributed by atoms with Crippen molar-refractivity contribution < 1.29 is 28.2 Å². The summed E-state index contributed by atoms with van der Waals surface area (Å²) in [7, 11) is 3.11. The summed E-state index contributed by atoms with van der Waals surface area (Å²) in [6.07, 6.45) is 4.72. The van der Waals surface area contributed by atoms with Crippen LogP contribution >= 0.6 is 35.0 Å². The lowest BCUT2D eigenvalue weighted by Gasteiger charge is -2.13. The van der Waals surface area contributed by atoms with E-state index in [9.17, 15) is 9.59 Å². The molecule has 1 saturated heterocycles. The van der Waals surface area contributed by atoms with E-state index in [0.717, 1.165) is 17.3 Å². The first-order valence-corrected chi connectivity index (χ1v) is 14.9. The van der Waals surface area contributed by atoms with Crippen LogP contribution in [0.15, 0.2) is 98.6 Å². The summed E-state index contributed by atoms with van der Waals surface area (Å²) in [5.74, 6) is 1.38. The van der Waals surface area contributed by atoms with Crippen molar-refractivity contribution in [2.75, 3.05) is 26.1 Å². The molecule has 4 aromatic rings. The summed E-state index contributed by atoms with van der Waals surface area (Å²) in [5.41, 5.74) is 1.81. The number of benzene rings is 3. The number of hydrogen-bond donors (Lipinski definition) is 1. The molecule has 0 atom stereocenters. The van der Waals surface area contributed by atoms with Crippen molar-refractivity contribution in [3.63, 3.8) is 0 Å². The van der Waals surface area contributed by atoms with Gasteiger partial charge in [0.15, 0.2) is 23.3 Å². The molecular formula is C32H26Cl2N4O6S. The van der Waals surface area contributed by atoms with Crippen molar-refractivity contribution in [1.82, 2.24) is 4.90 Å². The van der Waals surface area contributed by atoms with Crippen LogP contribution in [0.1, 0.15) is 16.9 Å². The van der Waals surface area contributed by atoms with Gasteiger partial charge in [0, 0.05) is 21.3 Å². The van der Waals surface area contributed by atoms with Gasteiger partial charge < -0.3 is 23.9 Å². The number of carbonyl (C=O) groups excluding carboxylic acids is 2. The molecule has 0 aliphatic carbocycles. The van der Waals surface area contributed by atoms with Crippen LogP contribution in [0.5, 0.6) is 17.2 Å². The highest BCUT2D eigenvalue weighted by Crippen LogP contribution is 2.36. The van der Waals surface area contributed by atoms with Crippen LogP contribution in [0, 0.1) is 0 Å². The number of anilines is 1. The molecule has 1 fully saturated rings. The van der Waals surface area contributed by atoms with Crippen molar-refractivity contribution in [3.05, 3.63) is 111 Å². The van der Waals surface area contributed by atoms with E-state index in [4.69, 9.17) is 41.8 Å². The van der Waals surface area contributed by atoms with Crippen LogP contribution in [0.4, 0.5) is 5.69 Å². The number of ether oxygens (including phenoxy) is 3. The van der Waals surface area contributed by atoms with E-state index in [1.165, 1.54) is 11.2 Å². The molecule has 10 nitrogen and oxygen atoms in total. The molecule has 3 aromatic carbocycles. The van der Waals surface area contributed by atoms with Crippen molar-refractivity contribution in [3.8, 4) is 17.2 Å². The smallest absolute Gasteiger partial charge is 0.267 e. The number of nitrogens with zero attached hydrogens (tertiary/aromatic N) is 3. The Hall–Kier alpha value is -4.71. The fraction of sp³-hybridized carbons (Fsp3) is 0.125. The molecule has 1 aromatic heterocycles. The topological polar surface area (TPSA) is 115 Å². The lowest BCUT2D eigenvalue weighted by Crippen LogP contribution is -2.28. The van der Waals surface area contributed by atoms with E-state index in [0.29, 0.717) is 54.4 Å². The Labute approximate surface area is 273 Å². The summed E-state index contributed by atoms with van der Waals surface area (Å²) in [5, 5.41) is 12.6. The zero-order chi connectivity index (χ0) is 31.8. The molecule has 1 N–H and O–H groups in total. The maximum atomic E-state index is 13.6. The van der Waals surface area contributed by atoms with Crippen molar-refractivity contribution in [2.45, 2.75) is 6.54 Å². The molecule has 0 spiro atoms. The molecule has 0 saturated carbocycles. The SMILES string of the molecule is COc1ccc(/C=N\N=C2\S/C(=C\c3cc(Cl)ccc3OCC(=O)Nc3ccc(Cl)cc3)C(=O)N2Cc2ccco2)cc1OC. The van der Waals surface area contributed by atoms with E-state index >= 15 is 0 Å². The number of rotatable bonds is 11. The van der Waals surface area contributed by atoms with Gasteiger partial charge in [0.2, 0.25) is 0 Å². The Balaban J connectivity index is 1.37. The first-order chi connectivity index (χ1) is 21.8. The number of hydrogen-bond acceptors (Lipinski definition) is 9. The van der Waals surface area contributed by atoms with Crippen LogP contribution in [-0.2, 0) is 16.1 Å². The second-order valence-corrected chi connectivity index (χ2v) is 11.2. The van der Waals surface area contributed by atoms with Crippen molar-refractivity contribution in [2.24, 2.45) is 10.2 Å². The minimum atomic E-state index is -0.372. The van der Waals surface area contributed by atoms with Crippen LogP contribution in [0.3, 0.4) is 0 Å². The van der Waals surface area contributed by atoms with E-state index in [2.05, 4.69) is 15.5 Å². The van der Waals surface area contributed by atoms with Gasteiger partial charge in [-0.15, -0.1) is 5.10 Å². The summed E-state index contributed by atoms with van der Waals surface area (Å²) in [6.45, 7) is -0.131. The van der Waals surface area contributed by atoms with Gasteiger partial charge in [0.1, 0.15) is 11.5 Å². The van der Waals surface area contributed by atoms with Gasteiger partial charge in [0.05, 0.1) is 38.1 Å². The summed E-state index contributed by atoms with van der Waals surface area (Å²) in [6, 6.07) is 20.5. The summed E-state index contributed by atoms with van der Waals surface area (Å²) < 4.78 is 21.9. The number of halogens is 2. The second kappa shape index (κ2) is 14.8. The molecule has 5 rings (SSSR count). The first kappa shape index (κ1) is 31.7. The maximum absolute atomic E-state index is 13.6. The standard InChI is InChI=1S/C32H26Cl2N4O6S/c1-41-27-11-5-20(14-28(27)42-2)17-35-37-32-38(18-25-4-3-13-43-25)31(40)29(45-32)16-21-15-23(34)8-12-26(21)44-19-30(39)36-24-9-6-22(33)7-10-24/h3-17H,18-19H2,1-2H3,(H,36,39)/b29-16-,35-17-,37-32+. The molecule has 2 amide bonds. The predicted octanol–water partition coefficient (Wildman–Crippen LogP) is 7.13. The normalized spacial score (nSPS) is 14.8.